The molecule has 1 unspecified atom stereocenters. The van der Waals surface area contributed by atoms with Crippen LogP contribution in [0.5, 0.6) is 0 Å². The fourth-order valence-electron chi connectivity index (χ4n) is 1.87. The highest BCUT2D eigenvalue weighted by molar-refractivity contribution is 5.72. The molecule has 1 aliphatic rings. The third-order valence-corrected chi connectivity index (χ3v) is 2.44. The van der Waals surface area contributed by atoms with Crippen molar-refractivity contribution >= 4 is 5.91 Å². The monoisotopic (exact) mass is 213 g/mol. The molecule has 1 aliphatic heterocycles. The molecule has 5 nitrogen and oxygen atoms in total. The van der Waals surface area contributed by atoms with Crippen molar-refractivity contribution in [1.29, 1.82) is 5.26 Å². The molecule has 1 saturated heterocycles. The maximum absolute atomic E-state index is 11.2. The van der Waals surface area contributed by atoms with Crippen molar-refractivity contribution in [2.75, 3.05) is 27.2 Å². The van der Waals surface area contributed by atoms with E-state index in [0.717, 1.165) is 25.9 Å². The van der Waals surface area contributed by atoms with Gasteiger partial charge >= 0.3 is 0 Å². The van der Waals surface area contributed by atoms with Crippen LogP contribution in [0.15, 0.2) is 0 Å². The van der Waals surface area contributed by atoms with Gasteiger partial charge in [0.05, 0.1) is 13.2 Å². The Labute approximate surface area is 91.2 Å². The lowest BCUT2D eigenvalue weighted by Gasteiger charge is -2.35. The molecule has 5 heteroatoms. The predicted octanol–water partition coefficient (Wildman–Crippen LogP) is 0.630. The summed E-state index contributed by atoms with van der Waals surface area (Å²) in [6, 6.07) is 0.223. The third kappa shape index (κ3) is 4.28. The van der Waals surface area contributed by atoms with Crippen molar-refractivity contribution in [2.45, 2.75) is 25.8 Å². The summed E-state index contributed by atoms with van der Waals surface area (Å²) >= 11 is 0. The zero-order valence-corrected chi connectivity index (χ0v) is 9.64. The summed E-state index contributed by atoms with van der Waals surface area (Å²) in [6.45, 7) is 7.07. The molecule has 0 bridgehead atoms. The van der Waals surface area contributed by atoms with E-state index in [1.165, 1.54) is 12.0 Å². The fraction of sp³-hybridized carbons (Fsp3) is 0.800. The molecule has 0 aromatic carbocycles. The summed E-state index contributed by atoms with van der Waals surface area (Å²) in [4.78, 5) is 18.4. The number of likely N-dealkylation sites (tertiary alicyclic amines) is 1. The number of piperidine rings is 1. The Morgan fingerprint density at radius 3 is 2.60 bits per heavy atom. The van der Waals surface area contributed by atoms with Crippen molar-refractivity contribution in [2.24, 2.45) is 0 Å². The number of likely N-dealkylation sites (N-methyl/N-ethyl adjacent to an activating group) is 1. The molecule has 0 radical (unpaired) electrons. The van der Waals surface area contributed by atoms with Crippen LogP contribution in [0.4, 0.5) is 0 Å². The molecule has 0 aromatic heterocycles. The van der Waals surface area contributed by atoms with Gasteiger partial charge in [-0.1, -0.05) is 0 Å². The van der Waals surface area contributed by atoms with Crippen LogP contribution in [-0.4, -0.2) is 49.2 Å². The van der Waals surface area contributed by atoms with E-state index < -0.39 is 0 Å². The summed E-state index contributed by atoms with van der Waals surface area (Å²) in [5.74, 6) is -0.0113. The second-order valence-corrected chi connectivity index (χ2v) is 3.59. The minimum Gasteiger partial charge on any atom is -0.304 e. The Morgan fingerprint density at radius 1 is 1.60 bits per heavy atom. The summed E-state index contributed by atoms with van der Waals surface area (Å²) in [7, 11) is 3.62. The minimum atomic E-state index is -0.0113. The first-order valence-electron chi connectivity index (χ1n) is 4.93. The average molecular weight is 213 g/mol. The van der Waals surface area contributed by atoms with Crippen LogP contribution in [-0.2, 0) is 9.63 Å². The van der Waals surface area contributed by atoms with Crippen LogP contribution in [0.25, 0.3) is 0 Å². The van der Waals surface area contributed by atoms with Crippen molar-refractivity contribution in [3.63, 3.8) is 0 Å². The number of carbonyl (C=O) groups is 1. The fourth-order valence-corrected chi connectivity index (χ4v) is 1.87. The quantitative estimate of drug-likeness (QED) is 0.631. The van der Waals surface area contributed by atoms with E-state index >= 15 is 0 Å². The first-order valence-corrected chi connectivity index (χ1v) is 4.93. The van der Waals surface area contributed by atoms with Gasteiger partial charge in [0.1, 0.15) is 0 Å². The van der Waals surface area contributed by atoms with Crippen molar-refractivity contribution in [1.82, 2.24) is 9.96 Å². The number of nitriles is 1. The lowest BCUT2D eigenvalue weighted by molar-refractivity contribution is -0.190. The standard InChI is InChI=1S/C9H18N2O2.CHN/c1-8(12)11(13-3)9-5-4-6-10(2)7-9;1-2/h9H,4-7H2,1-3H3;1H. The predicted molar refractivity (Wildman–Crippen MR) is 56.7 cm³/mol. The average Bonchev–Trinajstić information content (AvgIpc) is 2.21. The highest BCUT2D eigenvalue weighted by Gasteiger charge is 2.25. The third-order valence-electron chi connectivity index (χ3n) is 2.44. The van der Waals surface area contributed by atoms with E-state index in [9.17, 15) is 4.79 Å². The highest BCUT2D eigenvalue weighted by atomic mass is 16.7. The number of rotatable bonds is 2. The maximum Gasteiger partial charge on any atom is 0.243 e. The molecule has 1 fully saturated rings. The molecule has 0 aromatic rings. The Balaban J connectivity index is 0.000000921. The van der Waals surface area contributed by atoms with Gasteiger partial charge in [-0.05, 0) is 26.4 Å². The molecular weight excluding hydrogens is 194 g/mol. The Hall–Kier alpha value is -1.12. The number of hydroxylamine groups is 2. The van der Waals surface area contributed by atoms with Crippen LogP contribution in [0, 0.1) is 11.8 Å². The summed E-state index contributed by atoms with van der Waals surface area (Å²) in [6.07, 6.45) is 2.17. The first kappa shape index (κ1) is 13.9. The van der Waals surface area contributed by atoms with Gasteiger partial charge in [-0.2, -0.15) is 0 Å². The molecule has 1 amide bonds. The topological polar surface area (TPSA) is 56.6 Å². The number of hydrogen-bond acceptors (Lipinski definition) is 4. The van der Waals surface area contributed by atoms with Gasteiger partial charge in [-0.3, -0.25) is 9.63 Å². The van der Waals surface area contributed by atoms with Gasteiger partial charge in [-0.25, -0.2) is 10.3 Å². The number of amides is 1. The van der Waals surface area contributed by atoms with Crippen LogP contribution in [0.1, 0.15) is 19.8 Å². The van der Waals surface area contributed by atoms with Gasteiger partial charge in [0.25, 0.3) is 0 Å². The number of carbonyl (C=O) groups excluding carboxylic acids is 1. The molecule has 0 spiro atoms. The smallest absolute Gasteiger partial charge is 0.243 e. The summed E-state index contributed by atoms with van der Waals surface area (Å²) in [5.41, 5.74) is 0. The van der Waals surface area contributed by atoms with Gasteiger partial charge in [0, 0.05) is 20.0 Å². The van der Waals surface area contributed by atoms with E-state index in [-0.39, 0.29) is 11.9 Å². The largest absolute Gasteiger partial charge is 0.304 e. The SMILES string of the molecule is C#N.CON(C(C)=O)C1CCCN(C)C1. The minimum absolute atomic E-state index is 0.0113. The van der Waals surface area contributed by atoms with E-state index in [1.807, 2.05) is 0 Å². The van der Waals surface area contributed by atoms with Crippen molar-refractivity contribution < 1.29 is 9.63 Å². The first-order chi connectivity index (χ1) is 7.15. The molecule has 0 aliphatic carbocycles. The molecule has 1 rings (SSSR count). The van der Waals surface area contributed by atoms with E-state index in [4.69, 9.17) is 10.1 Å². The van der Waals surface area contributed by atoms with Crippen molar-refractivity contribution in [3.05, 3.63) is 0 Å². The summed E-state index contributed by atoms with van der Waals surface area (Å²) in [5, 5.41) is 7.98. The van der Waals surface area contributed by atoms with E-state index in [0.29, 0.717) is 0 Å². The zero-order valence-electron chi connectivity index (χ0n) is 9.64. The van der Waals surface area contributed by atoms with Crippen LogP contribution >= 0.6 is 0 Å². The van der Waals surface area contributed by atoms with Gasteiger partial charge in [-0.15, -0.1) is 0 Å². The second-order valence-electron chi connectivity index (χ2n) is 3.59. The molecule has 15 heavy (non-hydrogen) atoms. The molecular formula is C10H19N3O2. The molecule has 0 saturated carbocycles. The van der Waals surface area contributed by atoms with Gasteiger partial charge in [0.2, 0.25) is 5.91 Å². The Bertz CT molecular complexity index is 218. The van der Waals surface area contributed by atoms with Crippen molar-refractivity contribution in [3.8, 4) is 6.57 Å². The Morgan fingerprint density at radius 2 is 2.20 bits per heavy atom. The van der Waals surface area contributed by atoms with E-state index in [1.54, 1.807) is 7.11 Å². The highest BCUT2D eigenvalue weighted by Crippen LogP contribution is 2.14. The lowest BCUT2D eigenvalue weighted by Crippen LogP contribution is -2.47. The number of nitrogens with zero attached hydrogens (tertiary/aromatic N) is 3. The molecule has 1 atom stereocenters. The molecule has 1 heterocycles. The molecule has 0 N–H and O–H groups in total. The van der Waals surface area contributed by atoms with Gasteiger partial charge in [0.15, 0.2) is 0 Å². The Kier molecular flexibility index (Phi) is 6.67. The normalized spacial score (nSPS) is 21.3. The van der Waals surface area contributed by atoms with Crippen LogP contribution in [0.2, 0.25) is 0 Å². The van der Waals surface area contributed by atoms with E-state index in [2.05, 4.69) is 18.5 Å². The van der Waals surface area contributed by atoms with Crippen LogP contribution < -0.4 is 0 Å². The lowest BCUT2D eigenvalue weighted by atomic mass is 10.1. The maximum atomic E-state index is 11.2. The zero-order chi connectivity index (χ0) is 11.8. The molecule has 86 valence electrons. The van der Waals surface area contributed by atoms with Gasteiger partial charge < -0.3 is 4.90 Å². The van der Waals surface area contributed by atoms with Crippen LogP contribution in [0.3, 0.4) is 0 Å². The summed E-state index contributed by atoms with van der Waals surface area (Å²) < 4.78 is 0. The second kappa shape index (κ2) is 7.21. The number of hydrogen-bond donors (Lipinski definition) is 0.